The van der Waals surface area contributed by atoms with E-state index >= 15 is 0 Å². The quantitative estimate of drug-likeness (QED) is 0.795. The summed E-state index contributed by atoms with van der Waals surface area (Å²) < 4.78 is 3.64. The van der Waals surface area contributed by atoms with Gasteiger partial charge in [0.05, 0.1) is 17.9 Å². The summed E-state index contributed by atoms with van der Waals surface area (Å²) in [6.45, 7) is 0.756. The Balaban J connectivity index is 1.47. The van der Waals surface area contributed by atoms with E-state index < -0.39 is 0 Å². The predicted octanol–water partition coefficient (Wildman–Crippen LogP) is 2.37. The maximum Gasteiger partial charge on any atom is 0.322 e. The number of carbonyl (C=O) groups is 1. The van der Waals surface area contributed by atoms with Crippen LogP contribution in [-0.4, -0.2) is 41.8 Å². The number of likely N-dealkylation sites (tertiary alicyclic amines) is 1. The molecule has 0 spiro atoms. The Bertz CT molecular complexity index is 854. The van der Waals surface area contributed by atoms with Gasteiger partial charge < -0.3 is 14.8 Å². The third-order valence-electron chi connectivity index (χ3n) is 4.49. The molecule has 1 atom stereocenters. The van der Waals surface area contributed by atoms with Crippen LogP contribution in [0, 0.1) is 0 Å². The van der Waals surface area contributed by atoms with Crippen LogP contribution in [0.15, 0.2) is 49.3 Å². The van der Waals surface area contributed by atoms with E-state index in [2.05, 4.69) is 31.0 Å². The Morgan fingerprint density at radius 3 is 2.92 bits per heavy atom. The molecule has 1 fully saturated rings. The Labute approximate surface area is 145 Å². The summed E-state index contributed by atoms with van der Waals surface area (Å²) in [7, 11) is 2.01. The van der Waals surface area contributed by atoms with Gasteiger partial charge >= 0.3 is 6.03 Å². The monoisotopic (exact) mass is 337 g/mol. The van der Waals surface area contributed by atoms with E-state index in [1.165, 1.54) is 6.33 Å². The molecule has 0 bridgehead atoms. The smallest absolute Gasteiger partial charge is 0.322 e. The maximum absolute atomic E-state index is 12.7. The third-order valence-corrected chi connectivity index (χ3v) is 4.49. The zero-order valence-electron chi connectivity index (χ0n) is 13.9. The lowest BCUT2D eigenvalue weighted by atomic mass is 10.1. The van der Waals surface area contributed by atoms with Crippen molar-refractivity contribution in [2.24, 2.45) is 7.05 Å². The molecule has 3 aromatic heterocycles. The van der Waals surface area contributed by atoms with Crippen LogP contribution >= 0.6 is 0 Å². The fourth-order valence-corrected chi connectivity index (χ4v) is 3.26. The van der Waals surface area contributed by atoms with Crippen molar-refractivity contribution in [3.8, 4) is 5.82 Å². The van der Waals surface area contributed by atoms with Gasteiger partial charge in [-0.3, -0.25) is 0 Å². The van der Waals surface area contributed by atoms with E-state index in [0.29, 0.717) is 11.5 Å². The lowest BCUT2D eigenvalue weighted by molar-refractivity contribution is 0.205. The van der Waals surface area contributed by atoms with Gasteiger partial charge in [0, 0.05) is 25.5 Å². The van der Waals surface area contributed by atoms with Crippen LogP contribution in [0.4, 0.5) is 10.5 Å². The second kappa shape index (κ2) is 6.39. The van der Waals surface area contributed by atoms with Crippen molar-refractivity contribution in [3.05, 3.63) is 55.0 Å². The number of aromatic nitrogens is 5. The third kappa shape index (κ3) is 2.98. The van der Waals surface area contributed by atoms with E-state index in [1.807, 2.05) is 30.3 Å². The fourth-order valence-electron chi connectivity index (χ4n) is 3.26. The molecule has 0 aliphatic carbocycles. The minimum atomic E-state index is -0.0981. The summed E-state index contributed by atoms with van der Waals surface area (Å²) in [4.78, 5) is 22.8. The number of pyridine rings is 1. The van der Waals surface area contributed by atoms with Gasteiger partial charge in [0.2, 0.25) is 0 Å². The average Bonchev–Trinajstić information content (AvgIpc) is 3.36. The number of hydrogen-bond donors (Lipinski definition) is 1. The molecule has 1 aliphatic heterocycles. The van der Waals surface area contributed by atoms with Crippen molar-refractivity contribution in [2.75, 3.05) is 11.9 Å². The molecule has 2 amide bonds. The van der Waals surface area contributed by atoms with Crippen molar-refractivity contribution >= 4 is 11.7 Å². The summed E-state index contributed by atoms with van der Waals surface area (Å²) in [5.41, 5.74) is 1.82. The molecule has 0 radical (unpaired) electrons. The summed E-state index contributed by atoms with van der Waals surface area (Å²) >= 11 is 0. The molecule has 4 heterocycles. The summed E-state index contributed by atoms with van der Waals surface area (Å²) in [5.74, 6) is 0.651. The van der Waals surface area contributed by atoms with Gasteiger partial charge in [0.25, 0.3) is 0 Å². The average molecular weight is 337 g/mol. The molecule has 3 aromatic rings. The van der Waals surface area contributed by atoms with Crippen LogP contribution in [0.1, 0.15) is 24.6 Å². The number of anilines is 1. The minimum absolute atomic E-state index is 0.0981. The van der Waals surface area contributed by atoms with Crippen molar-refractivity contribution in [1.82, 2.24) is 29.2 Å². The highest BCUT2D eigenvalue weighted by molar-refractivity contribution is 5.89. The number of urea groups is 1. The molecule has 0 aromatic carbocycles. The number of aryl methyl sites for hydroxylation is 1. The highest BCUT2D eigenvalue weighted by Gasteiger charge is 2.31. The molecular weight excluding hydrogens is 318 g/mol. The van der Waals surface area contributed by atoms with E-state index in [1.54, 1.807) is 23.3 Å². The molecule has 1 unspecified atom stereocenters. The molecule has 4 rings (SSSR count). The zero-order valence-corrected chi connectivity index (χ0v) is 13.9. The van der Waals surface area contributed by atoms with Gasteiger partial charge in [-0.2, -0.15) is 5.10 Å². The second-order valence-corrected chi connectivity index (χ2v) is 6.07. The van der Waals surface area contributed by atoms with Crippen LogP contribution in [0.5, 0.6) is 0 Å². The van der Waals surface area contributed by atoms with Gasteiger partial charge in [0.15, 0.2) is 5.82 Å². The molecule has 0 saturated carbocycles. The molecule has 128 valence electrons. The fraction of sp³-hybridized carbons (Fsp3) is 0.294. The van der Waals surface area contributed by atoms with Gasteiger partial charge in [-0.1, -0.05) is 0 Å². The van der Waals surface area contributed by atoms with Crippen LogP contribution in [0.3, 0.4) is 0 Å². The first-order chi connectivity index (χ1) is 12.2. The molecule has 1 saturated heterocycles. The number of nitrogens with one attached hydrogen (secondary N) is 1. The van der Waals surface area contributed by atoms with Crippen LogP contribution < -0.4 is 5.32 Å². The zero-order chi connectivity index (χ0) is 17.2. The Morgan fingerprint density at radius 1 is 1.32 bits per heavy atom. The number of nitrogens with zero attached hydrogens (tertiary/aromatic N) is 6. The topological polar surface area (TPSA) is 80.9 Å². The summed E-state index contributed by atoms with van der Waals surface area (Å²) in [6, 6.07) is 7.71. The van der Waals surface area contributed by atoms with Gasteiger partial charge in [0.1, 0.15) is 12.7 Å². The van der Waals surface area contributed by atoms with E-state index in [-0.39, 0.29) is 12.1 Å². The second-order valence-electron chi connectivity index (χ2n) is 6.07. The summed E-state index contributed by atoms with van der Waals surface area (Å²) in [6.07, 6.45) is 8.66. The van der Waals surface area contributed by atoms with Crippen LogP contribution in [0.25, 0.3) is 5.82 Å². The number of carbonyl (C=O) groups excluding carboxylic acids is 1. The first kappa shape index (κ1) is 15.4. The minimum Gasteiger partial charge on any atom is -0.353 e. The first-order valence-corrected chi connectivity index (χ1v) is 8.22. The van der Waals surface area contributed by atoms with Gasteiger partial charge in [-0.15, -0.1) is 0 Å². The number of amides is 2. The molecular formula is C17H19N7O. The molecule has 1 N–H and O–H groups in total. The lowest BCUT2D eigenvalue weighted by Gasteiger charge is -2.25. The van der Waals surface area contributed by atoms with Crippen molar-refractivity contribution in [3.63, 3.8) is 0 Å². The highest BCUT2D eigenvalue weighted by atomic mass is 16.2. The van der Waals surface area contributed by atoms with Crippen LogP contribution in [0.2, 0.25) is 0 Å². The molecule has 8 nitrogen and oxygen atoms in total. The van der Waals surface area contributed by atoms with Crippen molar-refractivity contribution in [1.29, 1.82) is 0 Å². The highest BCUT2D eigenvalue weighted by Crippen LogP contribution is 2.32. The van der Waals surface area contributed by atoms with Crippen molar-refractivity contribution < 1.29 is 4.79 Å². The Hall–Kier alpha value is -3.16. The lowest BCUT2D eigenvalue weighted by Crippen LogP contribution is -2.35. The predicted molar refractivity (Wildman–Crippen MR) is 92.3 cm³/mol. The molecule has 8 heteroatoms. The molecule has 1 aliphatic rings. The van der Waals surface area contributed by atoms with Gasteiger partial charge in [-0.25, -0.2) is 19.4 Å². The van der Waals surface area contributed by atoms with Crippen LogP contribution in [-0.2, 0) is 7.05 Å². The standard InChI is InChI=1S/C17H19N7O/c1-22-8-2-4-14(22)15-5-3-9-23(15)17(25)21-13-6-7-16(19-10-13)24-12-18-11-20-24/h2,4,6-8,10-12,15H,3,5,9H2,1H3,(H,21,25). The number of hydrogen-bond acceptors (Lipinski definition) is 4. The van der Waals surface area contributed by atoms with Gasteiger partial charge in [-0.05, 0) is 37.1 Å². The Kier molecular flexibility index (Phi) is 3.93. The number of rotatable bonds is 3. The summed E-state index contributed by atoms with van der Waals surface area (Å²) in [5, 5.41) is 6.97. The SMILES string of the molecule is Cn1cccc1C1CCCN1C(=O)Nc1ccc(-n2cncn2)nc1. The first-order valence-electron chi connectivity index (χ1n) is 8.22. The maximum atomic E-state index is 12.7. The van der Waals surface area contributed by atoms with E-state index in [9.17, 15) is 4.79 Å². The molecule has 25 heavy (non-hydrogen) atoms. The normalized spacial score (nSPS) is 17.0. The Morgan fingerprint density at radius 2 is 2.24 bits per heavy atom. The largest absolute Gasteiger partial charge is 0.353 e. The van der Waals surface area contributed by atoms with E-state index in [4.69, 9.17) is 0 Å². The van der Waals surface area contributed by atoms with E-state index in [0.717, 1.165) is 25.1 Å². The van der Waals surface area contributed by atoms with Crippen molar-refractivity contribution in [2.45, 2.75) is 18.9 Å².